The zero-order valence-electron chi connectivity index (χ0n) is 14.9. The number of nitrogens with two attached hydrogens (primary N) is 1. The summed E-state index contributed by atoms with van der Waals surface area (Å²) >= 11 is 0. The number of primary amides is 1. The van der Waals surface area contributed by atoms with E-state index in [0.717, 1.165) is 11.1 Å². The van der Waals surface area contributed by atoms with Crippen LogP contribution in [0.25, 0.3) is 12.2 Å². The number of benzene rings is 2. The van der Waals surface area contributed by atoms with E-state index < -0.39 is 11.9 Å². The molecule has 1 amide bonds. The van der Waals surface area contributed by atoms with Crippen LogP contribution < -0.4 is 15.2 Å². The molecule has 0 fully saturated rings. The monoisotopic (exact) mass is 362 g/mol. The molecule has 6 heteroatoms. The van der Waals surface area contributed by atoms with Crippen LogP contribution in [0.3, 0.4) is 0 Å². The van der Waals surface area contributed by atoms with Gasteiger partial charge in [-0.15, -0.1) is 0 Å². The number of carbonyl (C=O) groups excluding carboxylic acids is 2. The summed E-state index contributed by atoms with van der Waals surface area (Å²) in [5.41, 5.74) is 7.44. The van der Waals surface area contributed by atoms with Crippen LogP contribution in [0, 0.1) is 18.3 Å². The second-order valence-electron chi connectivity index (χ2n) is 5.61. The van der Waals surface area contributed by atoms with Gasteiger partial charge in [-0.25, -0.2) is 4.79 Å². The molecule has 0 unspecified atom stereocenters. The molecule has 0 radical (unpaired) electrons. The van der Waals surface area contributed by atoms with Crippen LogP contribution in [-0.2, 0) is 9.59 Å². The summed E-state index contributed by atoms with van der Waals surface area (Å²) in [5.74, 6) is -0.895. The van der Waals surface area contributed by atoms with Gasteiger partial charge in [0.1, 0.15) is 11.6 Å². The van der Waals surface area contributed by atoms with E-state index in [2.05, 4.69) is 0 Å². The predicted octanol–water partition coefficient (Wildman–Crippen LogP) is 3.01. The first-order valence-corrected chi connectivity index (χ1v) is 7.99. The molecule has 0 aliphatic heterocycles. The lowest BCUT2D eigenvalue weighted by atomic mass is 10.1. The van der Waals surface area contributed by atoms with Crippen LogP contribution in [0.4, 0.5) is 0 Å². The zero-order valence-corrected chi connectivity index (χ0v) is 14.9. The molecular formula is C21H18N2O4. The second-order valence-corrected chi connectivity index (χ2v) is 5.61. The van der Waals surface area contributed by atoms with Crippen molar-refractivity contribution in [2.75, 3.05) is 7.11 Å². The Bertz CT molecular complexity index is 951. The van der Waals surface area contributed by atoms with Crippen molar-refractivity contribution in [1.82, 2.24) is 0 Å². The summed E-state index contributed by atoms with van der Waals surface area (Å²) in [6, 6.07) is 14.0. The van der Waals surface area contributed by atoms with Gasteiger partial charge in [-0.1, -0.05) is 35.9 Å². The first kappa shape index (κ1) is 19.5. The number of esters is 1. The summed E-state index contributed by atoms with van der Waals surface area (Å²) in [5, 5.41) is 8.90. The summed E-state index contributed by atoms with van der Waals surface area (Å²) in [4.78, 5) is 23.2. The normalized spacial score (nSPS) is 11.1. The summed E-state index contributed by atoms with van der Waals surface area (Å²) in [6.07, 6.45) is 4.30. The lowest BCUT2D eigenvalue weighted by Gasteiger charge is -2.09. The average molecular weight is 362 g/mol. The van der Waals surface area contributed by atoms with Gasteiger partial charge in [-0.2, -0.15) is 5.26 Å². The van der Waals surface area contributed by atoms with Gasteiger partial charge in [0.25, 0.3) is 5.91 Å². The van der Waals surface area contributed by atoms with Crippen molar-refractivity contribution in [2.45, 2.75) is 6.92 Å². The molecule has 0 heterocycles. The van der Waals surface area contributed by atoms with Gasteiger partial charge >= 0.3 is 5.97 Å². The number of methoxy groups -OCH3 is 1. The predicted molar refractivity (Wildman–Crippen MR) is 102 cm³/mol. The lowest BCUT2D eigenvalue weighted by molar-refractivity contribution is -0.129. The van der Waals surface area contributed by atoms with Gasteiger partial charge < -0.3 is 15.2 Å². The molecule has 0 aliphatic carbocycles. The van der Waals surface area contributed by atoms with Crippen molar-refractivity contribution >= 4 is 24.0 Å². The maximum Gasteiger partial charge on any atom is 0.336 e. The van der Waals surface area contributed by atoms with Crippen molar-refractivity contribution < 1.29 is 19.1 Å². The molecule has 0 bridgehead atoms. The quantitative estimate of drug-likeness (QED) is 0.368. The Kier molecular flexibility index (Phi) is 6.50. The Hall–Kier alpha value is -3.85. The molecular weight excluding hydrogens is 344 g/mol. The third-order valence-corrected chi connectivity index (χ3v) is 3.58. The van der Waals surface area contributed by atoms with E-state index in [1.807, 2.05) is 31.2 Å². The van der Waals surface area contributed by atoms with Gasteiger partial charge in [0.2, 0.25) is 0 Å². The third-order valence-electron chi connectivity index (χ3n) is 3.58. The number of carbonyl (C=O) groups is 2. The van der Waals surface area contributed by atoms with Crippen LogP contribution in [-0.4, -0.2) is 19.0 Å². The van der Waals surface area contributed by atoms with Crippen LogP contribution in [0.1, 0.15) is 16.7 Å². The van der Waals surface area contributed by atoms with Crippen molar-refractivity contribution in [3.05, 3.63) is 70.8 Å². The number of hydrogen-bond donors (Lipinski definition) is 1. The van der Waals surface area contributed by atoms with E-state index in [0.29, 0.717) is 5.56 Å². The molecule has 27 heavy (non-hydrogen) atoms. The van der Waals surface area contributed by atoms with Crippen molar-refractivity contribution in [3.8, 4) is 17.6 Å². The highest BCUT2D eigenvalue weighted by Gasteiger charge is 2.10. The second kappa shape index (κ2) is 9.02. The molecule has 2 rings (SSSR count). The minimum atomic E-state index is -0.826. The average Bonchev–Trinajstić information content (AvgIpc) is 2.66. The topological polar surface area (TPSA) is 102 Å². The van der Waals surface area contributed by atoms with Crippen LogP contribution in [0.2, 0.25) is 0 Å². The van der Waals surface area contributed by atoms with Gasteiger partial charge in [-0.3, -0.25) is 4.79 Å². The van der Waals surface area contributed by atoms with E-state index in [1.165, 1.54) is 31.4 Å². The number of amides is 1. The van der Waals surface area contributed by atoms with E-state index in [9.17, 15) is 9.59 Å². The molecule has 136 valence electrons. The number of hydrogen-bond acceptors (Lipinski definition) is 5. The fraction of sp³-hybridized carbons (Fsp3) is 0.0952. The summed E-state index contributed by atoms with van der Waals surface area (Å²) in [7, 11) is 1.42. The van der Waals surface area contributed by atoms with Crippen LogP contribution in [0.15, 0.2) is 54.1 Å². The number of nitriles is 1. The summed E-state index contributed by atoms with van der Waals surface area (Å²) in [6.45, 7) is 1.98. The molecule has 2 N–H and O–H groups in total. The first-order chi connectivity index (χ1) is 12.9. The maximum atomic E-state index is 12.0. The minimum Gasteiger partial charge on any atom is -0.493 e. The molecule has 2 aromatic rings. The Morgan fingerprint density at radius 1 is 1.07 bits per heavy atom. The fourth-order valence-electron chi connectivity index (χ4n) is 2.17. The molecule has 2 aromatic carbocycles. The molecule has 0 saturated carbocycles. The zero-order chi connectivity index (χ0) is 19.8. The number of nitrogens with zero attached hydrogens (tertiary/aromatic N) is 1. The summed E-state index contributed by atoms with van der Waals surface area (Å²) < 4.78 is 10.5. The van der Waals surface area contributed by atoms with Crippen LogP contribution >= 0.6 is 0 Å². The number of rotatable bonds is 6. The SMILES string of the molecule is COc1cc(/C=C(\C#N)C(N)=O)ccc1OC(=O)/C=C/c1ccc(C)cc1. The number of aryl methyl sites for hydroxylation is 1. The van der Waals surface area contributed by atoms with Crippen LogP contribution in [0.5, 0.6) is 11.5 Å². The van der Waals surface area contributed by atoms with E-state index in [4.69, 9.17) is 20.5 Å². The highest BCUT2D eigenvalue weighted by Crippen LogP contribution is 2.29. The Morgan fingerprint density at radius 2 is 1.74 bits per heavy atom. The first-order valence-electron chi connectivity index (χ1n) is 7.99. The van der Waals surface area contributed by atoms with Crippen molar-refractivity contribution in [2.24, 2.45) is 5.73 Å². The Balaban J connectivity index is 2.16. The lowest BCUT2D eigenvalue weighted by Crippen LogP contribution is -2.12. The highest BCUT2D eigenvalue weighted by atomic mass is 16.6. The maximum absolute atomic E-state index is 12.0. The standard InChI is InChI=1S/C21H18N2O4/c1-14-3-5-15(6-4-14)8-10-20(24)27-18-9-7-16(12-19(18)26-2)11-17(13-22)21(23)25/h3-12H,1-2H3,(H2,23,25)/b10-8+,17-11+. The molecule has 0 saturated heterocycles. The van der Waals surface area contributed by atoms with E-state index in [-0.39, 0.29) is 17.1 Å². The molecule has 6 nitrogen and oxygen atoms in total. The Labute approximate surface area is 157 Å². The van der Waals surface area contributed by atoms with E-state index >= 15 is 0 Å². The van der Waals surface area contributed by atoms with Crippen molar-refractivity contribution in [1.29, 1.82) is 5.26 Å². The van der Waals surface area contributed by atoms with Gasteiger partial charge in [0.05, 0.1) is 7.11 Å². The van der Waals surface area contributed by atoms with Gasteiger partial charge in [-0.05, 0) is 42.3 Å². The molecule has 0 aliphatic rings. The minimum absolute atomic E-state index is 0.192. The molecule has 0 spiro atoms. The van der Waals surface area contributed by atoms with Gasteiger partial charge in [0.15, 0.2) is 11.5 Å². The highest BCUT2D eigenvalue weighted by molar-refractivity contribution is 6.00. The van der Waals surface area contributed by atoms with Crippen molar-refractivity contribution in [3.63, 3.8) is 0 Å². The fourth-order valence-corrected chi connectivity index (χ4v) is 2.17. The largest absolute Gasteiger partial charge is 0.493 e. The molecule has 0 aromatic heterocycles. The smallest absolute Gasteiger partial charge is 0.336 e. The Morgan fingerprint density at radius 3 is 2.33 bits per heavy atom. The number of ether oxygens (including phenoxy) is 2. The van der Waals surface area contributed by atoms with E-state index in [1.54, 1.807) is 18.2 Å². The molecule has 0 atom stereocenters. The third kappa shape index (κ3) is 5.58. The van der Waals surface area contributed by atoms with Gasteiger partial charge in [0, 0.05) is 6.08 Å².